The Hall–Kier alpha value is -1.44. The Balaban J connectivity index is 2.07. The molecule has 24 heavy (non-hydrogen) atoms. The summed E-state index contributed by atoms with van der Waals surface area (Å²) in [6, 6.07) is 21.6. The molecule has 0 radical (unpaired) electrons. The van der Waals surface area contributed by atoms with Crippen molar-refractivity contribution in [2.75, 3.05) is 0 Å². The van der Waals surface area contributed by atoms with Crippen LogP contribution in [-0.2, 0) is 0 Å². The van der Waals surface area contributed by atoms with Crippen molar-refractivity contribution < 1.29 is 0 Å². The number of aromatic nitrogens is 2. The third-order valence-electron chi connectivity index (χ3n) is 4.26. The van der Waals surface area contributed by atoms with Gasteiger partial charge < -0.3 is 8.68 Å². The monoisotopic (exact) mass is 384 g/mol. The normalized spacial score (nSPS) is 11.8. The van der Waals surface area contributed by atoms with Gasteiger partial charge in [-0.05, 0) is 55.2 Å². The lowest BCUT2D eigenvalue weighted by molar-refractivity contribution is 1.39. The van der Waals surface area contributed by atoms with E-state index in [-0.39, 0.29) is 0 Å². The molecular weight excluding hydrogens is 370 g/mol. The van der Waals surface area contributed by atoms with Gasteiger partial charge in [-0.15, -0.1) is 22.7 Å². The van der Waals surface area contributed by atoms with E-state index in [0.29, 0.717) is 0 Å². The Morgan fingerprint density at radius 1 is 0.542 bits per heavy atom. The standard InChI is InChI=1S/C18H14N2P2S2/c21-19-11-5-1-3-7-15(11)23-17-13(19)9-10-14-18(17)24-16-8-4-2-6-12(16)20(14)22/h1-10H,21-22H2. The second kappa shape index (κ2) is 5.54. The van der Waals surface area contributed by atoms with E-state index >= 15 is 0 Å². The second-order valence-electron chi connectivity index (χ2n) is 5.64. The van der Waals surface area contributed by atoms with E-state index in [1.807, 2.05) is 22.7 Å². The van der Waals surface area contributed by atoms with Gasteiger partial charge in [0.05, 0.1) is 40.9 Å². The van der Waals surface area contributed by atoms with Gasteiger partial charge in [0, 0.05) is 0 Å². The van der Waals surface area contributed by atoms with E-state index in [9.17, 15) is 0 Å². The zero-order chi connectivity index (χ0) is 16.3. The summed E-state index contributed by atoms with van der Waals surface area (Å²) in [5, 5.41) is 0. The predicted molar refractivity (Wildman–Crippen MR) is 116 cm³/mol. The molecule has 0 saturated heterocycles. The third-order valence-corrected chi connectivity index (χ3v) is 7.87. The lowest BCUT2D eigenvalue weighted by atomic mass is 10.3. The van der Waals surface area contributed by atoms with Crippen molar-refractivity contribution in [1.82, 2.24) is 8.68 Å². The molecule has 0 saturated carbocycles. The van der Waals surface area contributed by atoms with Crippen molar-refractivity contribution >= 4 is 82.3 Å². The smallest absolute Gasteiger partial charge is 0.0710 e. The van der Waals surface area contributed by atoms with Crippen molar-refractivity contribution in [3.05, 3.63) is 60.7 Å². The van der Waals surface area contributed by atoms with E-state index in [1.165, 1.54) is 40.9 Å². The van der Waals surface area contributed by atoms with Crippen molar-refractivity contribution in [2.24, 2.45) is 0 Å². The Labute approximate surface area is 151 Å². The molecule has 0 aliphatic rings. The molecule has 5 aromatic rings. The molecule has 0 spiro atoms. The van der Waals surface area contributed by atoms with Crippen LogP contribution in [0.5, 0.6) is 0 Å². The molecule has 0 bridgehead atoms. The highest BCUT2D eigenvalue weighted by atomic mass is 32.1. The van der Waals surface area contributed by atoms with Crippen LogP contribution >= 0.6 is 41.5 Å². The molecule has 0 aliphatic carbocycles. The summed E-state index contributed by atoms with van der Waals surface area (Å²) < 4.78 is 9.68. The van der Waals surface area contributed by atoms with Crippen LogP contribution < -0.4 is 0 Å². The molecule has 5 rings (SSSR count). The van der Waals surface area contributed by atoms with Crippen LogP contribution in [0.1, 0.15) is 0 Å². The molecule has 118 valence electrons. The molecule has 2 atom stereocenters. The molecule has 0 fully saturated rings. The van der Waals surface area contributed by atoms with Crippen LogP contribution in [0.2, 0.25) is 0 Å². The van der Waals surface area contributed by atoms with E-state index in [1.54, 1.807) is 0 Å². The summed E-state index contributed by atoms with van der Waals surface area (Å²) in [5.41, 5.74) is 4.97. The molecule has 0 amide bonds. The van der Waals surface area contributed by atoms with Gasteiger partial charge in [0.1, 0.15) is 0 Å². The summed E-state index contributed by atoms with van der Waals surface area (Å²) >= 11 is 3.73. The Morgan fingerprint density at radius 3 is 1.42 bits per heavy atom. The first-order chi connectivity index (χ1) is 11.7. The predicted octanol–water partition coefficient (Wildman–Crippen LogP) is 6.43. The Kier molecular flexibility index (Phi) is 3.43. The first-order valence-corrected chi connectivity index (χ1v) is 10.2. The van der Waals surface area contributed by atoms with Gasteiger partial charge in [-0.25, -0.2) is 0 Å². The average Bonchev–Trinajstić information content (AvgIpc) is 2.62. The van der Waals surface area contributed by atoms with Crippen LogP contribution in [-0.4, -0.2) is 8.68 Å². The first kappa shape index (κ1) is 14.9. The van der Waals surface area contributed by atoms with Gasteiger partial charge >= 0.3 is 0 Å². The van der Waals surface area contributed by atoms with Crippen molar-refractivity contribution in [2.45, 2.75) is 0 Å². The first-order valence-electron chi connectivity index (χ1n) is 7.54. The zero-order valence-corrected chi connectivity index (χ0v) is 16.6. The lowest BCUT2D eigenvalue weighted by Crippen LogP contribution is -1.92. The second-order valence-corrected chi connectivity index (χ2v) is 8.78. The summed E-state index contributed by atoms with van der Waals surface area (Å²) in [4.78, 5) is 0. The maximum Gasteiger partial charge on any atom is 0.0710 e. The maximum atomic E-state index is 2.87. The number of para-hydroxylation sites is 2. The van der Waals surface area contributed by atoms with Gasteiger partial charge in [-0.1, -0.05) is 24.3 Å². The van der Waals surface area contributed by atoms with E-state index in [4.69, 9.17) is 0 Å². The molecule has 0 aliphatic heterocycles. The molecule has 3 aromatic carbocycles. The summed E-state index contributed by atoms with van der Waals surface area (Å²) in [7, 11) is 5.73. The van der Waals surface area contributed by atoms with Crippen molar-refractivity contribution in [3.63, 3.8) is 0 Å². The maximum absolute atomic E-state index is 2.87. The Morgan fingerprint density at radius 2 is 0.958 bits per heavy atom. The molecule has 2 heterocycles. The highest BCUT2D eigenvalue weighted by Gasteiger charge is 2.11. The quantitative estimate of drug-likeness (QED) is 0.165. The molecule has 6 heteroatoms. The number of hydrogen-bond acceptors (Lipinski definition) is 2. The average molecular weight is 384 g/mol. The summed E-state index contributed by atoms with van der Waals surface area (Å²) in [6.45, 7) is 0. The number of fused-ring (bicyclic) bond motifs is 5. The minimum atomic E-state index is 1.24. The SMILES string of the molecule is Pn1c2ccccc2sc2c3sc4ccccc4n(P)c3ccc21. The summed E-state index contributed by atoms with van der Waals surface area (Å²) in [6.07, 6.45) is 0. The topological polar surface area (TPSA) is 9.86 Å². The minimum Gasteiger partial charge on any atom is -0.323 e. The van der Waals surface area contributed by atoms with Crippen LogP contribution in [0.4, 0.5) is 0 Å². The molecule has 0 N–H and O–H groups in total. The van der Waals surface area contributed by atoms with Crippen molar-refractivity contribution in [1.29, 1.82) is 0 Å². The van der Waals surface area contributed by atoms with E-state index < -0.39 is 0 Å². The van der Waals surface area contributed by atoms with Gasteiger partial charge in [-0.2, -0.15) is 0 Å². The van der Waals surface area contributed by atoms with Crippen LogP contribution in [0.25, 0.3) is 40.9 Å². The van der Waals surface area contributed by atoms with Gasteiger partial charge in [0.15, 0.2) is 0 Å². The highest BCUT2D eigenvalue weighted by Crippen LogP contribution is 2.39. The van der Waals surface area contributed by atoms with Crippen LogP contribution in [0.15, 0.2) is 60.7 Å². The van der Waals surface area contributed by atoms with Crippen LogP contribution in [0.3, 0.4) is 0 Å². The highest BCUT2D eigenvalue weighted by molar-refractivity contribution is 7.32. The summed E-state index contributed by atoms with van der Waals surface area (Å²) in [5.74, 6) is 0. The molecule has 2 unspecified atom stereocenters. The largest absolute Gasteiger partial charge is 0.323 e. The fourth-order valence-electron chi connectivity index (χ4n) is 3.08. The minimum absolute atomic E-state index is 1.24. The lowest BCUT2D eigenvalue weighted by Gasteiger charge is -2.14. The molecular formula is C18H14N2P2S2. The van der Waals surface area contributed by atoms with E-state index in [0.717, 1.165) is 0 Å². The fourth-order valence-corrected chi connectivity index (χ4v) is 6.80. The number of benzene rings is 3. The number of hydrogen-bond donors (Lipinski definition) is 0. The fraction of sp³-hybridized carbons (Fsp3) is 0. The molecule has 2 nitrogen and oxygen atoms in total. The van der Waals surface area contributed by atoms with Crippen molar-refractivity contribution in [3.8, 4) is 0 Å². The number of rotatable bonds is 0. The number of nitrogens with zero attached hydrogens (tertiary/aromatic N) is 2. The Bertz CT molecular complexity index is 1190. The zero-order valence-electron chi connectivity index (χ0n) is 12.6. The van der Waals surface area contributed by atoms with Gasteiger partial charge in [-0.3, -0.25) is 0 Å². The van der Waals surface area contributed by atoms with Gasteiger partial charge in [0.25, 0.3) is 0 Å². The van der Waals surface area contributed by atoms with E-state index in [2.05, 4.69) is 88.1 Å². The molecule has 2 aromatic heterocycles. The van der Waals surface area contributed by atoms with Gasteiger partial charge in [0.2, 0.25) is 0 Å². The van der Waals surface area contributed by atoms with Crippen LogP contribution in [0, 0.1) is 0 Å². The third kappa shape index (κ3) is 2.08.